The van der Waals surface area contributed by atoms with Gasteiger partial charge in [-0.25, -0.2) is 4.98 Å². The lowest BCUT2D eigenvalue weighted by atomic mass is 9.88. The summed E-state index contributed by atoms with van der Waals surface area (Å²) in [5.41, 5.74) is 4.87. The van der Waals surface area contributed by atoms with Gasteiger partial charge >= 0.3 is 0 Å². The van der Waals surface area contributed by atoms with Crippen molar-refractivity contribution in [1.82, 2.24) is 20.9 Å². The highest BCUT2D eigenvalue weighted by Crippen LogP contribution is 2.21. The van der Waals surface area contributed by atoms with E-state index in [0.717, 1.165) is 37.1 Å². The Morgan fingerprint density at radius 2 is 1.57 bits per heavy atom. The van der Waals surface area contributed by atoms with Crippen molar-refractivity contribution in [3.05, 3.63) is 52.0 Å². The van der Waals surface area contributed by atoms with E-state index >= 15 is 0 Å². The molecule has 1 heterocycles. The number of benzene rings is 1. The van der Waals surface area contributed by atoms with Crippen LogP contribution in [0.4, 0.5) is 0 Å². The molecular formula is C30H48N4O2S. The van der Waals surface area contributed by atoms with Crippen molar-refractivity contribution in [2.75, 3.05) is 6.54 Å². The smallest absolute Gasteiger partial charge is 0.243 e. The van der Waals surface area contributed by atoms with Crippen LogP contribution in [0.3, 0.4) is 0 Å². The van der Waals surface area contributed by atoms with E-state index in [2.05, 4.69) is 79.8 Å². The average molecular weight is 529 g/mol. The highest BCUT2D eigenvalue weighted by atomic mass is 32.1. The van der Waals surface area contributed by atoms with Gasteiger partial charge in [-0.3, -0.25) is 9.59 Å². The summed E-state index contributed by atoms with van der Waals surface area (Å²) >= 11 is 1.52. The van der Waals surface area contributed by atoms with E-state index in [4.69, 9.17) is 0 Å². The first kappa shape index (κ1) is 31.0. The summed E-state index contributed by atoms with van der Waals surface area (Å²) in [4.78, 5) is 31.1. The molecule has 37 heavy (non-hydrogen) atoms. The lowest BCUT2D eigenvalue weighted by molar-refractivity contribution is -0.130. The molecule has 0 saturated heterocycles. The van der Waals surface area contributed by atoms with Gasteiger partial charge in [-0.05, 0) is 69.0 Å². The van der Waals surface area contributed by atoms with E-state index in [1.807, 2.05) is 26.2 Å². The summed E-state index contributed by atoms with van der Waals surface area (Å²) in [6.07, 6.45) is 4.03. The Morgan fingerprint density at radius 1 is 0.919 bits per heavy atom. The molecule has 0 aliphatic rings. The number of amides is 2. The Hall–Kier alpha value is -2.25. The number of aryl methyl sites for hydroxylation is 1. The highest BCUT2D eigenvalue weighted by Gasteiger charge is 2.28. The van der Waals surface area contributed by atoms with E-state index in [0.29, 0.717) is 18.8 Å². The third kappa shape index (κ3) is 12.7. The Labute approximate surface area is 228 Å². The second kappa shape index (κ2) is 14.1. The second-order valence-corrected chi connectivity index (χ2v) is 13.5. The Morgan fingerprint density at radius 3 is 2.11 bits per heavy atom. The Bertz CT molecular complexity index is 957. The second-order valence-electron chi connectivity index (χ2n) is 12.8. The van der Waals surface area contributed by atoms with Crippen molar-refractivity contribution in [3.63, 3.8) is 0 Å². The minimum absolute atomic E-state index is 0.174. The maximum absolute atomic E-state index is 13.5. The van der Waals surface area contributed by atoms with Crippen molar-refractivity contribution >= 4 is 23.2 Å². The zero-order chi connectivity index (χ0) is 27.6. The van der Waals surface area contributed by atoms with Crippen LogP contribution in [-0.2, 0) is 28.9 Å². The number of hydrogen-bond acceptors (Lipinski definition) is 5. The van der Waals surface area contributed by atoms with E-state index in [1.54, 1.807) is 5.51 Å². The molecule has 6 nitrogen and oxygen atoms in total. The van der Waals surface area contributed by atoms with Crippen LogP contribution >= 0.6 is 11.3 Å². The number of thiazole rings is 1. The number of aromatic nitrogens is 1. The molecule has 0 spiro atoms. The molecule has 2 amide bonds. The molecule has 0 aliphatic carbocycles. The lowest BCUT2D eigenvalue weighted by Crippen LogP contribution is -2.56. The van der Waals surface area contributed by atoms with Gasteiger partial charge in [0.15, 0.2) is 0 Å². The summed E-state index contributed by atoms with van der Waals surface area (Å²) in [5, 5.41) is 11.5. The van der Waals surface area contributed by atoms with Gasteiger partial charge in [0.25, 0.3) is 0 Å². The van der Waals surface area contributed by atoms with Gasteiger partial charge in [0.05, 0.1) is 17.2 Å². The molecule has 0 fully saturated rings. The summed E-state index contributed by atoms with van der Waals surface area (Å²) in [6.45, 7) is 17.7. The summed E-state index contributed by atoms with van der Waals surface area (Å²) in [5.74, 6) is 0.187. The van der Waals surface area contributed by atoms with Crippen LogP contribution in [-0.4, -0.2) is 41.0 Å². The number of rotatable bonds is 13. The lowest BCUT2D eigenvalue weighted by Gasteiger charge is -2.27. The van der Waals surface area contributed by atoms with Crippen LogP contribution in [0.1, 0.15) is 85.1 Å². The third-order valence-corrected chi connectivity index (χ3v) is 6.72. The number of carbonyl (C=O) groups excluding carboxylic acids is 2. The zero-order valence-electron chi connectivity index (χ0n) is 24.1. The van der Waals surface area contributed by atoms with Crippen LogP contribution in [0.25, 0.3) is 0 Å². The van der Waals surface area contributed by atoms with Gasteiger partial charge in [-0.15, -0.1) is 11.3 Å². The Kier molecular flexibility index (Phi) is 11.8. The predicted molar refractivity (Wildman–Crippen MR) is 155 cm³/mol. The van der Waals surface area contributed by atoms with Crippen LogP contribution in [0.15, 0.2) is 35.2 Å². The van der Waals surface area contributed by atoms with E-state index in [9.17, 15) is 9.59 Å². The summed E-state index contributed by atoms with van der Waals surface area (Å²) in [6, 6.07) is 7.31. The molecule has 1 aromatic heterocycles. The molecule has 0 radical (unpaired) electrons. The van der Waals surface area contributed by atoms with Crippen molar-refractivity contribution in [2.24, 2.45) is 11.3 Å². The molecule has 2 rings (SSSR count). The van der Waals surface area contributed by atoms with Crippen LogP contribution in [0.5, 0.6) is 0 Å². The van der Waals surface area contributed by atoms with E-state index < -0.39 is 17.6 Å². The zero-order valence-corrected chi connectivity index (χ0v) is 24.9. The minimum Gasteiger partial charge on any atom is -0.350 e. The number of nitrogens with one attached hydrogen (secondary N) is 3. The minimum atomic E-state index is -0.669. The van der Waals surface area contributed by atoms with Gasteiger partial charge in [0.1, 0.15) is 6.04 Å². The summed E-state index contributed by atoms with van der Waals surface area (Å²) in [7, 11) is 0. The van der Waals surface area contributed by atoms with E-state index in [-0.39, 0.29) is 17.2 Å². The van der Waals surface area contributed by atoms with Crippen molar-refractivity contribution in [3.8, 4) is 0 Å². The fourth-order valence-corrected chi connectivity index (χ4v) is 4.46. The van der Waals surface area contributed by atoms with Gasteiger partial charge < -0.3 is 16.0 Å². The topological polar surface area (TPSA) is 83.1 Å². The fourth-order valence-electron chi connectivity index (χ4n) is 3.89. The standard InChI is InChI=1S/C30H48N4O2S/c1-21(2)14-16-31-25(18-24-19-37-20-32-24)27(35)33-26(28(36)34-30(6,7)8)17-23-11-9-22(10-12-23)13-15-29(3,4)5/h9-12,19-21,25-26,31H,13-18H2,1-8H3,(H,33,35)(H,34,36). The molecule has 206 valence electrons. The molecule has 0 saturated carbocycles. The van der Waals surface area contributed by atoms with Crippen molar-refractivity contribution in [2.45, 2.75) is 105 Å². The van der Waals surface area contributed by atoms with Gasteiger partial charge in [0, 0.05) is 23.8 Å². The first-order valence-corrected chi connectivity index (χ1v) is 14.5. The summed E-state index contributed by atoms with van der Waals surface area (Å²) < 4.78 is 0. The highest BCUT2D eigenvalue weighted by molar-refractivity contribution is 7.07. The molecule has 1 aromatic carbocycles. The molecule has 2 aromatic rings. The van der Waals surface area contributed by atoms with Gasteiger partial charge in [-0.1, -0.05) is 58.9 Å². The molecule has 0 bridgehead atoms. The molecular weight excluding hydrogens is 480 g/mol. The van der Waals surface area contributed by atoms with Crippen LogP contribution in [0, 0.1) is 11.3 Å². The van der Waals surface area contributed by atoms with Gasteiger partial charge in [0.2, 0.25) is 11.8 Å². The monoisotopic (exact) mass is 528 g/mol. The average Bonchev–Trinajstić information content (AvgIpc) is 3.28. The molecule has 2 atom stereocenters. The SMILES string of the molecule is CC(C)CCNC(Cc1cscn1)C(=O)NC(Cc1ccc(CCC(C)(C)C)cc1)C(=O)NC(C)(C)C. The Balaban J connectivity index is 2.16. The molecule has 2 unspecified atom stereocenters. The predicted octanol–water partition coefficient (Wildman–Crippen LogP) is 5.31. The molecule has 3 N–H and O–H groups in total. The largest absolute Gasteiger partial charge is 0.350 e. The number of carbonyl (C=O) groups is 2. The van der Waals surface area contributed by atoms with Gasteiger partial charge in [-0.2, -0.15) is 0 Å². The third-order valence-electron chi connectivity index (χ3n) is 6.08. The first-order valence-electron chi connectivity index (χ1n) is 13.5. The number of hydrogen-bond donors (Lipinski definition) is 3. The maximum Gasteiger partial charge on any atom is 0.243 e. The first-order chi connectivity index (χ1) is 17.2. The van der Waals surface area contributed by atoms with Crippen molar-refractivity contribution in [1.29, 1.82) is 0 Å². The fraction of sp³-hybridized carbons (Fsp3) is 0.633. The van der Waals surface area contributed by atoms with E-state index in [1.165, 1.54) is 16.9 Å². The van der Waals surface area contributed by atoms with Crippen molar-refractivity contribution < 1.29 is 9.59 Å². The molecule has 7 heteroatoms. The normalized spacial score (nSPS) is 13.9. The number of nitrogens with zero attached hydrogens (tertiary/aromatic N) is 1. The van der Waals surface area contributed by atoms with Crippen LogP contribution in [0.2, 0.25) is 0 Å². The quantitative estimate of drug-likeness (QED) is 0.329. The molecule has 0 aliphatic heterocycles. The maximum atomic E-state index is 13.5. The van der Waals surface area contributed by atoms with Crippen LogP contribution < -0.4 is 16.0 Å².